The quantitative estimate of drug-likeness (QED) is 0.566. The second-order valence-electron chi connectivity index (χ2n) is 3.07. The largest absolute Gasteiger partial charge is 0.398 e. The molecule has 0 spiro atoms. The Kier molecular flexibility index (Phi) is 1.67. The lowest BCUT2D eigenvalue weighted by molar-refractivity contribution is 0.704. The molecule has 3 N–H and O–H groups in total. The Hall–Kier alpha value is -2.04. The van der Waals surface area contributed by atoms with Crippen LogP contribution in [0.2, 0.25) is 0 Å². The van der Waals surface area contributed by atoms with Crippen molar-refractivity contribution in [1.29, 1.82) is 0 Å². The fourth-order valence-electron chi connectivity index (χ4n) is 1.44. The molecule has 72 valence electrons. The molecule has 0 aliphatic carbocycles. The predicted octanol–water partition coefficient (Wildman–Crippen LogP) is -0.191. The first-order chi connectivity index (χ1) is 6.61. The van der Waals surface area contributed by atoms with Gasteiger partial charge in [0.15, 0.2) is 0 Å². The van der Waals surface area contributed by atoms with Crippen molar-refractivity contribution in [2.45, 2.75) is 0 Å². The molecular weight excluding hydrogens is 182 g/mol. The lowest BCUT2D eigenvalue weighted by Crippen LogP contribution is -2.27. The standard InChI is InChI=1S/C9H9N3O2/c1-12-9(14)5-3-2-4-6(10)7(5)8(13)11-12/h2-4H,10H2,1H3,(H,11,13). The van der Waals surface area contributed by atoms with Crippen LogP contribution in [0.15, 0.2) is 27.8 Å². The summed E-state index contributed by atoms with van der Waals surface area (Å²) in [7, 11) is 1.49. The molecule has 1 aromatic carbocycles. The number of H-pyrrole nitrogens is 1. The molecular formula is C9H9N3O2. The van der Waals surface area contributed by atoms with Crippen molar-refractivity contribution in [3.63, 3.8) is 0 Å². The molecule has 5 heteroatoms. The summed E-state index contributed by atoms with van der Waals surface area (Å²) < 4.78 is 1.14. The van der Waals surface area contributed by atoms with Gasteiger partial charge in [0.25, 0.3) is 11.1 Å². The van der Waals surface area contributed by atoms with Crippen LogP contribution in [-0.2, 0) is 7.05 Å². The van der Waals surface area contributed by atoms with E-state index < -0.39 is 0 Å². The number of fused-ring (bicyclic) bond motifs is 1. The zero-order valence-electron chi connectivity index (χ0n) is 7.57. The van der Waals surface area contributed by atoms with Crippen LogP contribution in [0.5, 0.6) is 0 Å². The normalized spacial score (nSPS) is 10.6. The van der Waals surface area contributed by atoms with E-state index in [2.05, 4.69) is 5.10 Å². The summed E-state index contributed by atoms with van der Waals surface area (Å²) >= 11 is 0. The summed E-state index contributed by atoms with van der Waals surface area (Å²) in [6.45, 7) is 0. The van der Waals surface area contributed by atoms with Crippen molar-refractivity contribution in [2.24, 2.45) is 7.05 Å². The molecule has 0 saturated heterocycles. The molecule has 1 aromatic heterocycles. The number of hydrogen-bond donors (Lipinski definition) is 2. The molecule has 1 heterocycles. The number of aromatic amines is 1. The maximum atomic E-state index is 11.6. The fourth-order valence-corrected chi connectivity index (χ4v) is 1.44. The van der Waals surface area contributed by atoms with Crippen LogP contribution in [0, 0.1) is 0 Å². The number of hydrogen-bond acceptors (Lipinski definition) is 3. The number of nitrogen functional groups attached to an aromatic ring is 1. The van der Waals surface area contributed by atoms with Gasteiger partial charge in [0.2, 0.25) is 0 Å². The molecule has 0 unspecified atom stereocenters. The van der Waals surface area contributed by atoms with E-state index in [-0.39, 0.29) is 16.5 Å². The second kappa shape index (κ2) is 2.73. The van der Waals surface area contributed by atoms with E-state index in [0.717, 1.165) is 4.68 Å². The number of aryl methyl sites for hydroxylation is 1. The average molecular weight is 191 g/mol. The van der Waals surface area contributed by atoms with Gasteiger partial charge in [-0.2, -0.15) is 0 Å². The Morgan fingerprint density at radius 2 is 2.07 bits per heavy atom. The highest BCUT2D eigenvalue weighted by Gasteiger charge is 2.06. The monoisotopic (exact) mass is 191 g/mol. The second-order valence-corrected chi connectivity index (χ2v) is 3.07. The molecule has 0 aliphatic heterocycles. The van der Waals surface area contributed by atoms with E-state index >= 15 is 0 Å². The van der Waals surface area contributed by atoms with Crippen LogP contribution in [0.3, 0.4) is 0 Å². The lowest BCUT2D eigenvalue weighted by Gasteiger charge is -2.02. The molecule has 0 aliphatic rings. The van der Waals surface area contributed by atoms with E-state index in [4.69, 9.17) is 5.73 Å². The van der Waals surface area contributed by atoms with Crippen molar-refractivity contribution in [1.82, 2.24) is 9.78 Å². The van der Waals surface area contributed by atoms with Gasteiger partial charge in [-0.25, -0.2) is 0 Å². The number of nitrogens with zero attached hydrogens (tertiary/aromatic N) is 1. The van der Waals surface area contributed by atoms with E-state index in [1.807, 2.05) is 0 Å². The molecule has 5 nitrogen and oxygen atoms in total. The number of nitrogens with two attached hydrogens (primary N) is 1. The summed E-state index contributed by atoms with van der Waals surface area (Å²) in [6.07, 6.45) is 0. The SMILES string of the molecule is Cn1[nH]c(=O)c2c(N)cccc2c1=O. The van der Waals surface area contributed by atoms with Gasteiger partial charge in [-0.3, -0.25) is 19.4 Å². The molecule has 0 saturated carbocycles. The fraction of sp³-hybridized carbons (Fsp3) is 0.111. The van der Waals surface area contributed by atoms with Gasteiger partial charge in [0.1, 0.15) is 0 Å². The highest BCUT2D eigenvalue weighted by Crippen LogP contribution is 2.11. The summed E-state index contributed by atoms with van der Waals surface area (Å²) in [5, 5.41) is 2.99. The summed E-state index contributed by atoms with van der Waals surface area (Å²) in [6, 6.07) is 4.83. The number of aromatic nitrogens is 2. The van der Waals surface area contributed by atoms with Crippen molar-refractivity contribution in [3.05, 3.63) is 38.9 Å². The molecule has 0 amide bonds. The minimum atomic E-state index is -0.347. The van der Waals surface area contributed by atoms with Crippen molar-refractivity contribution in [2.75, 3.05) is 5.73 Å². The topological polar surface area (TPSA) is 80.9 Å². The highest BCUT2D eigenvalue weighted by molar-refractivity contribution is 5.91. The van der Waals surface area contributed by atoms with Crippen LogP contribution in [0.4, 0.5) is 5.69 Å². The number of nitrogens with one attached hydrogen (secondary N) is 1. The van der Waals surface area contributed by atoms with E-state index in [1.54, 1.807) is 18.2 Å². The maximum absolute atomic E-state index is 11.6. The third-order valence-electron chi connectivity index (χ3n) is 2.13. The maximum Gasteiger partial charge on any atom is 0.272 e. The highest BCUT2D eigenvalue weighted by atomic mass is 16.1. The first-order valence-corrected chi connectivity index (χ1v) is 4.09. The summed E-state index contributed by atoms with van der Waals surface area (Å²) in [4.78, 5) is 23.0. The van der Waals surface area contributed by atoms with E-state index in [9.17, 15) is 9.59 Å². The predicted molar refractivity (Wildman–Crippen MR) is 54.2 cm³/mol. The molecule has 0 bridgehead atoms. The van der Waals surface area contributed by atoms with Gasteiger partial charge >= 0.3 is 0 Å². The minimum absolute atomic E-state index is 0.257. The Balaban J connectivity index is 3.18. The molecule has 0 radical (unpaired) electrons. The van der Waals surface area contributed by atoms with Crippen LogP contribution in [0.25, 0.3) is 10.8 Å². The number of rotatable bonds is 0. The van der Waals surface area contributed by atoms with E-state index in [1.165, 1.54) is 7.05 Å². The van der Waals surface area contributed by atoms with Gasteiger partial charge in [0.05, 0.1) is 10.8 Å². The van der Waals surface area contributed by atoms with Crippen molar-refractivity contribution in [3.8, 4) is 0 Å². The van der Waals surface area contributed by atoms with Gasteiger partial charge < -0.3 is 5.73 Å². The smallest absolute Gasteiger partial charge is 0.272 e. The zero-order valence-corrected chi connectivity index (χ0v) is 7.57. The van der Waals surface area contributed by atoms with Crippen molar-refractivity contribution < 1.29 is 0 Å². The Labute approximate surface area is 78.8 Å². The van der Waals surface area contributed by atoms with Gasteiger partial charge in [0, 0.05) is 12.7 Å². The van der Waals surface area contributed by atoms with Crippen molar-refractivity contribution >= 4 is 16.5 Å². The Bertz CT molecular complexity index is 609. The molecule has 14 heavy (non-hydrogen) atoms. The van der Waals surface area contributed by atoms with Crippen LogP contribution < -0.4 is 16.9 Å². The summed E-state index contributed by atoms with van der Waals surface area (Å²) in [5.74, 6) is 0. The third-order valence-corrected chi connectivity index (χ3v) is 2.13. The molecule has 2 aromatic rings. The summed E-state index contributed by atoms with van der Waals surface area (Å²) in [5.41, 5.74) is 5.32. The molecule has 0 fully saturated rings. The number of benzene rings is 1. The Morgan fingerprint density at radius 3 is 2.79 bits per heavy atom. The van der Waals surface area contributed by atoms with E-state index in [0.29, 0.717) is 11.1 Å². The first kappa shape index (κ1) is 8.55. The van der Waals surface area contributed by atoms with Crippen LogP contribution in [0.1, 0.15) is 0 Å². The zero-order chi connectivity index (χ0) is 10.3. The van der Waals surface area contributed by atoms with Crippen LogP contribution in [-0.4, -0.2) is 9.78 Å². The van der Waals surface area contributed by atoms with Gasteiger partial charge in [-0.15, -0.1) is 0 Å². The average Bonchev–Trinajstić information content (AvgIpc) is 2.14. The Morgan fingerprint density at radius 1 is 1.36 bits per heavy atom. The van der Waals surface area contributed by atoms with Crippen LogP contribution >= 0.6 is 0 Å². The molecule has 0 atom stereocenters. The first-order valence-electron chi connectivity index (χ1n) is 4.09. The number of anilines is 1. The molecule has 2 rings (SSSR count). The minimum Gasteiger partial charge on any atom is -0.398 e. The lowest BCUT2D eigenvalue weighted by atomic mass is 10.1. The third kappa shape index (κ3) is 1.02. The van der Waals surface area contributed by atoms with Gasteiger partial charge in [-0.05, 0) is 12.1 Å². The van der Waals surface area contributed by atoms with Gasteiger partial charge in [-0.1, -0.05) is 6.07 Å².